The van der Waals surface area contributed by atoms with Crippen LogP contribution in [0.2, 0.25) is 5.02 Å². The van der Waals surface area contributed by atoms with Crippen molar-refractivity contribution in [3.05, 3.63) is 29.3 Å². The summed E-state index contributed by atoms with van der Waals surface area (Å²) >= 11 is 6.04. The maximum Gasteiger partial charge on any atom is 0.282 e. The number of benzene rings is 1. The standard InChI is InChI=1S/C16H24ClN3O3S/c1-13-11-20(12-14(2)23-13)24(21,22)19-8-6-18(7-9-19)16-5-3-4-15(17)10-16/h3-5,10,13-14H,6-9,11-12H2,1-2H3/t13-,14+. The lowest BCUT2D eigenvalue weighted by molar-refractivity contribution is -0.0455. The first-order chi connectivity index (χ1) is 11.4. The third-order valence-electron chi connectivity index (χ3n) is 4.45. The van der Waals surface area contributed by atoms with E-state index >= 15 is 0 Å². The molecule has 0 bridgehead atoms. The molecule has 0 N–H and O–H groups in total. The highest BCUT2D eigenvalue weighted by Crippen LogP contribution is 2.23. The zero-order chi connectivity index (χ0) is 17.3. The van der Waals surface area contributed by atoms with Gasteiger partial charge >= 0.3 is 0 Å². The molecule has 0 aromatic heterocycles. The lowest BCUT2D eigenvalue weighted by Crippen LogP contribution is -2.57. The summed E-state index contributed by atoms with van der Waals surface area (Å²) < 4.78 is 34.5. The van der Waals surface area contributed by atoms with Gasteiger partial charge in [0.2, 0.25) is 0 Å². The van der Waals surface area contributed by atoms with Crippen LogP contribution in [0, 0.1) is 0 Å². The van der Waals surface area contributed by atoms with Gasteiger partial charge in [-0.1, -0.05) is 17.7 Å². The van der Waals surface area contributed by atoms with Gasteiger partial charge in [0.1, 0.15) is 0 Å². The zero-order valence-corrected chi connectivity index (χ0v) is 15.6. The monoisotopic (exact) mass is 373 g/mol. The lowest BCUT2D eigenvalue weighted by Gasteiger charge is -2.40. The summed E-state index contributed by atoms with van der Waals surface area (Å²) in [5, 5.41) is 0.693. The topological polar surface area (TPSA) is 53.1 Å². The number of rotatable bonds is 3. The van der Waals surface area contributed by atoms with Crippen LogP contribution in [0.4, 0.5) is 5.69 Å². The van der Waals surface area contributed by atoms with E-state index in [1.165, 1.54) is 0 Å². The molecule has 2 fully saturated rings. The molecule has 6 nitrogen and oxygen atoms in total. The number of halogens is 1. The maximum atomic E-state index is 12.9. The molecule has 3 rings (SSSR count). The first-order valence-corrected chi connectivity index (χ1v) is 10.0. The van der Waals surface area contributed by atoms with E-state index in [-0.39, 0.29) is 12.2 Å². The highest BCUT2D eigenvalue weighted by molar-refractivity contribution is 7.86. The van der Waals surface area contributed by atoms with Gasteiger partial charge in [0.15, 0.2) is 0 Å². The molecule has 2 atom stereocenters. The van der Waals surface area contributed by atoms with Crippen molar-refractivity contribution in [2.75, 3.05) is 44.2 Å². The zero-order valence-electron chi connectivity index (χ0n) is 14.1. The van der Waals surface area contributed by atoms with Gasteiger partial charge < -0.3 is 9.64 Å². The molecule has 2 aliphatic heterocycles. The van der Waals surface area contributed by atoms with E-state index in [4.69, 9.17) is 16.3 Å². The van der Waals surface area contributed by atoms with Crippen LogP contribution >= 0.6 is 11.6 Å². The number of anilines is 1. The Kier molecular flexibility index (Phi) is 5.36. The van der Waals surface area contributed by atoms with Crippen molar-refractivity contribution in [2.45, 2.75) is 26.1 Å². The largest absolute Gasteiger partial charge is 0.373 e. The van der Waals surface area contributed by atoms with Gasteiger partial charge in [-0.3, -0.25) is 0 Å². The van der Waals surface area contributed by atoms with Crippen molar-refractivity contribution in [3.8, 4) is 0 Å². The van der Waals surface area contributed by atoms with Gasteiger partial charge in [-0.05, 0) is 32.0 Å². The number of piperazine rings is 1. The summed E-state index contributed by atoms with van der Waals surface area (Å²) in [6, 6.07) is 7.67. The van der Waals surface area contributed by atoms with Crippen LogP contribution in [-0.4, -0.2) is 68.5 Å². The van der Waals surface area contributed by atoms with Crippen LogP contribution in [-0.2, 0) is 14.9 Å². The van der Waals surface area contributed by atoms with Crippen molar-refractivity contribution in [1.29, 1.82) is 0 Å². The van der Waals surface area contributed by atoms with Gasteiger partial charge in [-0.25, -0.2) is 0 Å². The fourth-order valence-electron chi connectivity index (χ4n) is 3.33. The molecule has 0 saturated carbocycles. The van der Waals surface area contributed by atoms with E-state index in [2.05, 4.69) is 4.90 Å². The normalized spacial score (nSPS) is 27.4. The second-order valence-electron chi connectivity index (χ2n) is 6.45. The van der Waals surface area contributed by atoms with E-state index < -0.39 is 10.2 Å². The van der Waals surface area contributed by atoms with Crippen LogP contribution < -0.4 is 4.90 Å². The molecule has 2 heterocycles. The summed E-state index contributed by atoms with van der Waals surface area (Å²) in [4.78, 5) is 2.17. The molecule has 24 heavy (non-hydrogen) atoms. The van der Waals surface area contributed by atoms with E-state index in [0.717, 1.165) is 5.69 Å². The Hall–Kier alpha value is -0.860. The molecular formula is C16H24ClN3O3S. The molecule has 2 saturated heterocycles. The summed E-state index contributed by atoms with van der Waals surface area (Å²) in [5.41, 5.74) is 1.04. The highest BCUT2D eigenvalue weighted by Gasteiger charge is 2.36. The minimum absolute atomic E-state index is 0.0729. The summed E-state index contributed by atoms with van der Waals surface area (Å²) in [7, 11) is -3.43. The summed E-state index contributed by atoms with van der Waals surface area (Å²) in [6.45, 7) is 6.95. The van der Waals surface area contributed by atoms with Crippen LogP contribution in [0.3, 0.4) is 0 Å². The minimum atomic E-state index is -3.43. The second kappa shape index (κ2) is 7.17. The molecule has 0 aliphatic carbocycles. The average Bonchev–Trinajstić information content (AvgIpc) is 2.54. The van der Waals surface area contributed by atoms with Crippen LogP contribution in [0.15, 0.2) is 24.3 Å². The maximum absolute atomic E-state index is 12.9. The molecule has 0 amide bonds. The van der Waals surface area contributed by atoms with Crippen LogP contribution in [0.1, 0.15) is 13.8 Å². The van der Waals surface area contributed by atoms with E-state index in [1.54, 1.807) is 8.61 Å². The molecule has 0 radical (unpaired) electrons. The Balaban J connectivity index is 1.65. The fourth-order valence-corrected chi connectivity index (χ4v) is 5.26. The van der Waals surface area contributed by atoms with Crippen molar-refractivity contribution >= 4 is 27.5 Å². The van der Waals surface area contributed by atoms with E-state index in [9.17, 15) is 8.42 Å². The molecule has 8 heteroatoms. The first-order valence-electron chi connectivity index (χ1n) is 8.27. The molecule has 134 valence electrons. The predicted octanol–water partition coefficient (Wildman–Crippen LogP) is 1.82. The second-order valence-corrected chi connectivity index (χ2v) is 8.81. The molecule has 2 aliphatic rings. The Morgan fingerprint density at radius 3 is 2.25 bits per heavy atom. The SMILES string of the molecule is C[C@@H]1CN(S(=O)(=O)N2CCN(c3cccc(Cl)c3)CC2)C[C@H](C)O1. The Bertz CT molecular complexity index is 667. The van der Waals surface area contributed by atoms with Gasteiger partial charge in [0.25, 0.3) is 10.2 Å². The number of nitrogens with zero attached hydrogens (tertiary/aromatic N) is 3. The van der Waals surface area contributed by atoms with Crippen LogP contribution in [0.25, 0.3) is 0 Å². The summed E-state index contributed by atoms with van der Waals surface area (Å²) in [5.74, 6) is 0. The smallest absolute Gasteiger partial charge is 0.282 e. The lowest BCUT2D eigenvalue weighted by atomic mass is 10.2. The number of morpholine rings is 1. The number of ether oxygens (including phenoxy) is 1. The number of hydrogen-bond donors (Lipinski definition) is 0. The Labute approximate surface area is 149 Å². The van der Waals surface area contributed by atoms with Crippen molar-refractivity contribution in [1.82, 2.24) is 8.61 Å². The molecule has 1 aromatic rings. The van der Waals surface area contributed by atoms with E-state index in [0.29, 0.717) is 44.3 Å². The first kappa shape index (κ1) is 17.9. The third-order valence-corrected chi connectivity index (χ3v) is 6.65. The quantitative estimate of drug-likeness (QED) is 0.811. The average molecular weight is 374 g/mol. The van der Waals surface area contributed by atoms with Crippen LogP contribution in [0.5, 0.6) is 0 Å². The molecule has 1 aromatic carbocycles. The fraction of sp³-hybridized carbons (Fsp3) is 0.625. The molecule has 0 unspecified atom stereocenters. The van der Waals surface area contributed by atoms with Crippen molar-refractivity contribution < 1.29 is 13.2 Å². The van der Waals surface area contributed by atoms with Gasteiger partial charge in [0.05, 0.1) is 12.2 Å². The number of hydrogen-bond acceptors (Lipinski definition) is 4. The third kappa shape index (κ3) is 3.86. The highest BCUT2D eigenvalue weighted by atomic mass is 35.5. The van der Waals surface area contributed by atoms with Crippen molar-refractivity contribution in [2.24, 2.45) is 0 Å². The Morgan fingerprint density at radius 2 is 1.67 bits per heavy atom. The van der Waals surface area contributed by atoms with Gasteiger partial charge in [-0.15, -0.1) is 0 Å². The predicted molar refractivity (Wildman–Crippen MR) is 95.7 cm³/mol. The van der Waals surface area contributed by atoms with Gasteiger partial charge in [-0.2, -0.15) is 17.0 Å². The van der Waals surface area contributed by atoms with Gasteiger partial charge in [0, 0.05) is 50.0 Å². The summed E-state index contributed by atoms with van der Waals surface area (Å²) in [6.07, 6.45) is -0.146. The molecular weight excluding hydrogens is 350 g/mol. The minimum Gasteiger partial charge on any atom is -0.373 e. The van der Waals surface area contributed by atoms with E-state index in [1.807, 2.05) is 38.1 Å². The van der Waals surface area contributed by atoms with Crippen molar-refractivity contribution in [3.63, 3.8) is 0 Å². The molecule has 0 spiro atoms. The Morgan fingerprint density at radius 1 is 1.04 bits per heavy atom.